The van der Waals surface area contributed by atoms with Gasteiger partial charge < -0.3 is 10.4 Å². The number of hydrogen-bond donors (Lipinski definition) is 2. The van der Waals surface area contributed by atoms with Crippen LogP contribution in [0.15, 0.2) is 30.5 Å². The average Bonchev–Trinajstić information content (AvgIpc) is 3.05. The maximum atomic E-state index is 12.7. The summed E-state index contributed by atoms with van der Waals surface area (Å²) in [5.74, 6) is 0.912. The van der Waals surface area contributed by atoms with Gasteiger partial charge in [-0.2, -0.15) is 0 Å². The molecule has 26 heavy (non-hydrogen) atoms. The predicted molar refractivity (Wildman–Crippen MR) is 96.4 cm³/mol. The summed E-state index contributed by atoms with van der Waals surface area (Å²) in [6.45, 7) is 5.47. The van der Waals surface area contributed by atoms with E-state index in [1.54, 1.807) is 12.3 Å². The minimum absolute atomic E-state index is 0.0725. The molecule has 0 radical (unpaired) electrons. The van der Waals surface area contributed by atoms with Crippen LogP contribution in [0.3, 0.4) is 0 Å². The lowest BCUT2D eigenvalue weighted by molar-refractivity contribution is -0.120. The Hall–Kier alpha value is -2.96. The second kappa shape index (κ2) is 5.27. The highest BCUT2D eigenvalue weighted by Crippen LogP contribution is 2.46. The number of fused-ring (bicyclic) bond motifs is 3. The van der Waals surface area contributed by atoms with Gasteiger partial charge in [-0.1, -0.05) is 12.1 Å². The third kappa shape index (κ3) is 2.27. The van der Waals surface area contributed by atoms with E-state index in [-0.39, 0.29) is 5.91 Å². The summed E-state index contributed by atoms with van der Waals surface area (Å²) < 4.78 is 0. The van der Waals surface area contributed by atoms with Gasteiger partial charge in [0.05, 0.1) is 5.41 Å². The second-order valence-corrected chi connectivity index (χ2v) is 7.85. The number of pyridine rings is 2. The van der Waals surface area contributed by atoms with Crippen LogP contribution in [-0.4, -0.2) is 32.6 Å². The minimum atomic E-state index is -1.05. The van der Waals surface area contributed by atoms with Crippen LogP contribution < -0.4 is 10.2 Å². The molecule has 0 aromatic carbocycles. The monoisotopic (exact) mass is 352 g/mol. The van der Waals surface area contributed by atoms with Gasteiger partial charge in [0.25, 0.3) is 0 Å². The van der Waals surface area contributed by atoms with E-state index in [1.807, 2.05) is 39.0 Å². The van der Waals surface area contributed by atoms with Crippen molar-refractivity contribution in [2.24, 2.45) is 0 Å². The fourth-order valence-corrected chi connectivity index (χ4v) is 3.95. The Morgan fingerprint density at radius 1 is 1.27 bits per heavy atom. The Morgan fingerprint density at radius 2 is 2.04 bits per heavy atom. The number of hydrogen-bond acceptors (Lipinski definition) is 4. The molecule has 1 atom stereocenters. The van der Waals surface area contributed by atoms with Crippen molar-refractivity contribution in [1.29, 1.82) is 0 Å². The van der Waals surface area contributed by atoms with E-state index in [1.165, 1.54) is 4.90 Å². The van der Waals surface area contributed by atoms with Crippen molar-refractivity contribution < 1.29 is 14.7 Å². The van der Waals surface area contributed by atoms with Crippen molar-refractivity contribution in [3.05, 3.63) is 47.3 Å². The van der Waals surface area contributed by atoms with Crippen molar-refractivity contribution in [2.45, 2.75) is 44.6 Å². The van der Waals surface area contributed by atoms with E-state index in [2.05, 4.69) is 15.3 Å². The highest BCUT2D eigenvalue weighted by atomic mass is 16.4. The summed E-state index contributed by atoms with van der Waals surface area (Å²) in [6, 6.07) is 7.35. The zero-order valence-corrected chi connectivity index (χ0v) is 14.9. The van der Waals surface area contributed by atoms with E-state index in [0.29, 0.717) is 24.5 Å². The first-order valence-electron chi connectivity index (χ1n) is 8.51. The largest absolute Gasteiger partial charge is 0.465 e. The first-order chi connectivity index (χ1) is 12.2. The van der Waals surface area contributed by atoms with Crippen LogP contribution in [-0.2, 0) is 23.1 Å². The number of amides is 2. The van der Waals surface area contributed by atoms with Crippen LogP contribution >= 0.6 is 0 Å². The second-order valence-electron chi connectivity index (χ2n) is 7.85. The summed E-state index contributed by atoms with van der Waals surface area (Å²) in [5, 5.41) is 12.5. The molecule has 1 unspecified atom stereocenters. The lowest BCUT2D eigenvalue weighted by atomic mass is 9.80. The molecule has 0 fully saturated rings. The maximum Gasteiger partial charge on any atom is 0.413 e. The van der Waals surface area contributed by atoms with E-state index in [0.717, 1.165) is 16.8 Å². The van der Waals surface area contributed by atoms with Crippen LogP contribution in [0.2, 0.25) is 0 Å². The first kappa shape index (κ1) is 16.5. The molecule has 1 aliphatic carbocycles. The fraction of sp³-hybridized carbons (Fsp3) is 0.368. The number of rotatable bonds is 1. The molecule has 0 bridgehead atoms. The third-order valence-electron chi connectivity index (χ3n) is 5.10. The van der Waals surface area contributed by atoms with Crippen molar-refractivity contribution in [2.75, 3.05) is 10.2 Å². The first-order valence-corrected chi connectivity index (χ1v) is 8.51. The highest BCUT2D eigenvalue weighted by Gasteiger charge is 2.51. The molecule has 1 spiro atoms. The molecule has 7 nitrogen and oxygen atoms in total. The number of carboxylic acid groups (broad SMARTS) is 1. The van der Waals surface area contributed by atoms with Crippen LogP contribution in [0.4, 0.5) is 16.4 Å². The molecule has 2 amide bonds. The summed E-state index contributed by atoms with van der Waals surface area (Å²) in [7, 11) is 0. The van der Waals surface area contributed by atoms with Gasteiger partial charge in [-0.3, -0.25) is 9.69 Å². The van der Waals surface area contributed by atoms with Gasteiger partial charge >= 0.3 is 6.09 Å². The molecule has 7 heteroatoms. The summed E-state index contributed by atoms with van der Waals surface area (Å²) in [5.41, 5.74) is 1.30. The topological polar surface area (TPSA) is 95.4 Å². The van der Waals surface area contributed by atoms with Crippen molar-refractivity contribution >= 4 is 23.6 Å². The van der Waals surface area contributed by atoms with Gasteiger partial charge in [-0.05, 0) is 44.9 Å². The Kier molecular flexibility index (Phi) is 3.34. The van der Waals surface area contributed by atoms with Gasteiger partial charge in [0.15, 0.2) is 0 Å². The molecule has 3 heterocycles. The van der Waals surface area contributed by atoms with Crippen molar-refractivity contribution in [1.82, 2.24) is 9.97 Å². The Morgan fingerprint density at radius 3 is 2.73 bits per heavy atom. The zero-order chi connectivity index (χ0) is 18.7. The normalized spacial score (nSPS) is 20.7. The minimum Gasteiger partial charge on any atom is -0.465 e. The Bertz CT molecular complexity index is 935. The molecule has 2 aromatic heterocycles. The van der Waals surface area contributed by atoms with Crippen molar-refractivity contribution in [3.8, 4) is 0 Å². The van der Waals surface area contributed by atoms with Gasteiger partial charge in [-0.15, -0.1) is 0 Å². The number of aromatic nitrogens is 2. The van der Waals surface area contributed by atoms with Crippen molar-refractivity contribution in [3.63, 3.8) is 0 Å². The number of nitrogens with zero attached hydrogens (tertiary/aromatic N) is 3. The number of carbonyl (C=O) groups is 2. The summed E-state index contributed by atoms with van der Waals surface area (Å²) in [6.07, 6.45) is 1.59. The molecular formula is C19H20N4O3. The zero-order valence-electron chi connectivity index (χ0n) is 14.9. The van der Waals surface area contributed by atoms with E-state index >= 15 is 0 Å². The molecule has 134 valence electrons. The van der Waals surface area contributed by atoms with Crippen LogP contribution in [0, 0.1) is 0 Å². The van der Waals surface area contributed by atoms with Crippen LogP contribution in [0.25, 0.3) is 0 Å². The summed E-state index contributed by atoms with van der Waals surface area (Å²) >= 11 is 0. The molecule has 2 aromatic rings. The lowest BCUT2D eigenvalue weighted by Gasteiger charge is -2.32. The predicted octanol–water partition coefficient (Wildman–Crippen LogP) is 2.75. The maximum absolute atomic E-state index is 12.7. The quantitative estimate of drug-likeness (QED) is 0.823. The molecular weight excluding hydrogens is 332 g/mol. The average molecular weight is 352 g/mol. The molecule has 4 rings (SSSR count). The molecule has 1 aliphatic heterocycles. The molecule has 0 saturated heterocycles. The highest BCUT2D eigenvalue weighted by molar-refractivity contribution is 6.06. The fourth-order valence-electron chi connectivity index (χ4n) is 3.95. The molecule has 0 saturated carbocycles. The molecule has 2 N–H and O–H groups in total. The SMILES string of the molecule is CC(C)(C)N(C(=O)O)c1ccc2c(n1)CC1(C2)C(=O)Nc2ncccc21. The third-order valence-corrected chi connectivity index (χ3v) is 5.10. The van der Waals surface area contributed by atoms with Crippen LogP contribution in [0.1, 0.15) is 37.6 Å². The number of nitrogens with one attached hydrogen (secondary N) is 1. The Labute approximate surface area is 151 Å². The number of anilines is 2. The van der Waals surface area contributed by atoms with Gasteiger partial charge in [-0.25, -0.2) is 14.8 Å². The van der Waals surface area contributed by atoms with Gasteiger partial charge in [0.2, 0.25) is 5.91 Å². The van der Waals surface area contributed by atoms with E-state index in [4.69, 9.17) is 0 Å². The van der Waals surface area contributed by atoms with Gasteiger partial charge in [0, 0.05) is 29.4 Å². The van der Waals surface area contributed by atoms with E-state index in [9.17, 15) is 14.7 Å². The lowest BCUT2D eigenvalue weighted by Crippen LogP contribution is -2.45. The van der Waals surface area contributed by atoms with Gasteiger partial charge in [0.1, 0.15) is 11.6 Å². The Balaban J connectivity index is 1.76. The summed E-state index contributed by atoms with van der Waals surface area (Å²) in [4.78, 5) is 34.6. The van der Waals surface area contributed by atoms with Crippen LogP contribution in [0.5, 0.6) is 0 Å². The molecule has 2 aliphatic rings. The van der Waals surface area contributed by atoms with E-state index < -0.39 is 17.0 Å². The number of carbonyl (C=O) groups excluding carboxylic acids is 1. The standard InChI is InChI=1S/C19H20N4O3/c1-18(2,3)23(17(25)26)14-7-6-11-9-19(10-13(11)21-14)12-5-4-8-20-15(12)22-16(19)24/h4-8H,9-10H2,1-3H3,(H,25,26)(H,20,22,24). The smallest absolute Gasteiger partial charge is 0.413 e.